The van der Waals surface area contributed by atoms with Crippen molar-refractivity contribution in [3.05, 3.63) is 59.7 Å². The summed E-state index contributed by atoms with van der Waals surface area (Å²) in [5, 5.41) is 0. The van der Waals surface area contributed by atoms with Crippen molar-refractivity contribution < 1.29 is 4.79 Å². The van der Waals surface area contributed by atoms with Crippen LogP contribution in [0.3, 0.4) is 0 Å². The van der Waals surface area contributed by atoms with Crippen LogP contribution in [-0.2, 0) is 0 Å². The SMILES string of the molecule is NC(=O)c1ccccc1N1CCC2(CC1)CC(N1CCCC1c1ccccc1N1CCCC1)C2. The highest BCUT2D eigenvalue weighted by molar-refractivity contribution is 5.98. The van der Waals surface area contributed by atoms with Crippen LogP contribution in [0.15, 0.2) is 48.5 Å². The first kappa shape index (κ1) is 22.0. The lowest BCUT2D eigenvalue weighted by atomic mass is 9.59. The summed E-state index contributed by atoms with van der Waals surface area (Å²) in [5.74, 6) is -0.325. The number of nitrogens with two attached hydrogens (primary N) is 1. The number of rotatable bonds is 5. The standard InChI is InChI=1S/C29H38N4O/c30-28(34)24-9-2-4-11-26(24)32-18-13-29(14-19-32)20-22(21-29)33-17-7-12-27(33)23-8-1-3-10-25(23)31-15-5-6-16-31/h1-4,8-11,22,27H,5-7,12-21H2,(H2,30,34). The fourth-order valence-corrected chi connectivity index (χ4v) is 7.34. The van der Waals surface area contributed by atoms with Gasteiger partial charge in [-0.25, -0.2) is 0 Å². The Balaban J connectivity index is 1.11. The topological polar surface area (TPSA) is 52.8 Å². The Labute approximate surface area is 203 Å². The largest absolute Gasteiger partial charge is 0.371 e. The van der Waals surface area contributed by atoms with Crippen molar-refractivity contribution in [3.8, 4) is 0 Å². The number of hydrogen-bond acceptors (Lipinski definition) is 4. The number of likely N-dealkylation sites (tertiary alicyclic amines) is 1. The molecule has 34 heavy (non-hydrogen) atoms. The molecule has 0 bridgehead atoms. The first-order valence-corrected chi connectivity index (χ1v) is 13.4. The monoisotopic (exact) mass is 458 g/mol. The van der Waals surface area contributed by atoms with Crippen LogP contribution in [0.4, 0.5) is 11.4 Å². The molecule has 4 aliphatic rings. The lowest BCUT2D eigenvalue weighted by Crippen LogP contribution is -2.55. The van der Waals surface area contributed by atoms with Gasteiger partial charge in [0.05, 0.1) is 5.56 Å². The molecule has 6 rings (SSSR count). The zero-order valence-corrected chi connectivity index (χ0v) is 20.3. The van der Waals surface area contributed by atoms with E-state index >= 15 is 0 Å². The second kappa shape index (κ2) is 8.92. The molecule has 1 aliphatic carbocycles. The second-order valence-corrected chi connectivity index (χ2v) is 11.1. The summed E-state index contributed by atoms with van der Waals surface area (Å²) in [7, 11) is 0. The van der Waals surface area contributed by atoms with Crippen LogP contribution in [0.5, 0.6) is 0 Å². The van der Waals surface area contributed by atoms with Gasteiger partial charge in [-0.05, 0) is 87.1 Å². The molecule has 3 aliphatic heterocycles. The smallest absolute Gasteiger partial charge is 0.250 e. The maximum Gasteiger partial charge on any atom is 0.250 e. The molecule has 1 atom stereocenters. The number of benzene rings is 2. The van der Waals surface area contributed by atoms with Gasteiger partial charge in [0.1, 0.15) is 0 Å². The van der Waals surface area contributed by atoms with Gasteiger partial charge in [-0.3, -0.25) is 9.69 Å². The van der Waals surface area contributed by atoms with Crippen molar-refractivity contribution in [1.82, 2.24) is 4.90 Å². The van der Waals surface area contributed by atoms with E-state index in [1.807, 2.05) is 24.3 Å². The molecule has 4 fully saturated rings. The van der Waals surface area contributed by atoms with E-state index in [9.17, 15) is 4.79 Å². The lowest BCUT2D eigenvalue weighted by molar-refractivity contribution is -0.0225. The summed E-state index contributed by atoms with van der Waals surface area (Å²) in [4.78, 5) is 19.7. The van der Waals surface area contributed by atoms with Gasteiger partial charge in [0, 0.05) is 49.6 Å². The van der Waals surface area contributed by atoms with E-state index in [-0.39, 0.29) is 5.91 Å². The van der Waals surface area contributed by atoms with Crippen molar-refractivity contribution in [1.29, 1.82) is 0 Å². The predicted octanol–water partition coefficient (Wildman–Crippen LogP) is 4.97. The van der Waals surface area contributed by atoms with Gasteiger partial charge in [0.2, 0.25) is 0 Å². The van der Waals surface area contributed by atoms with Gasteiger partial charge in [-0.1, -0.05) is 30.3 Å². The van der Waals surface area contributed by atoms with Crippen LogP contribution in [0, 0.1) is 5.41 Å². The molecular formula is C29H38N4O. The number of nitrogens with zero attached hydrogens (tertiary/aromatic N) is 3. The maximum atomic E-state index is 11.9. The molecule has 5 heteroatoms. The average molecular weight is 459 g/mol. The first-order chi connectivity index (χ1) is 16.6. The van der Waals surface area contributed by atoms with Crippen molar-refractivity contribution in [2.75, 3.05) is 42.5 Å². The second-order valence-electron chi connectivity index (χ2n) is 11.1. The van der Waals surface area contributed by atoms with Gasteiger partial charge in [-0.2, -0.15) is 0 Å². The number of primary amides is 1. The van der Waals surface area contributed by atoms with Crippen molar-refractivity contribution in [2.24, 2.45) is 11.1 Å². The van der Waals surface area contributed by atoms with Crippen LogP contribution in [0.1, 0.15) is 73.3 Å². The molecule has 0 aromatic heterocycles. The first-order valence-electron chi connectivity index (χ1n) is 13.4. The lowest BCUT2D eigenvalue weighted by Gasteiger charge is -2.56. The normalized spacial score (nSPS) is 25.1. The molecule has 3 saturated heterocycles. The fourth-order valence-electron chi connectivity index (χ4n) is 7.34. The van der Waals surface area contributed by atoms with E-state index in [1.165, 1.54) is 76.7 Å². The minimum Gasteiger partial charge on any atom is -0.371 e. The fraction of sp³-hybridized carbons (Fsp3) is 0.552. The Morgan fingerprint density at radius 1 is 0.794 bits per heavy atom. The molecule has 3 heterocycles. The summed E-state index contributed by atoms with van der Waals surface area (Å²) < 4.78 is 0. The van der Waals surface area contributed by atoms with Crippen molar-refractivity contribution in [2.45, 2.75) is 63.5 Å². The highest BCUT2D eigenvalue weighted by Gasteiger charge is 2.50. The predicted molar refractivity (Wildman–Crippen MR) is 138 cm³/mol. The van der Waals surface area contributed by atoms with Crippen molar-refractivity contribution >= 4 is 17.3 Å². The molecule has 2 N–H and O–H groups in total. The highest BCUT2D eigenvalue weighted by Crippen LogP contribution is 2.54. The third kappa shape index (κ3) is 3.88. The maximum absolute atomic E-state index is 11.9. The number of carbonyl (C=O) groups is 1. The number of amides is 1. The summed E-state index contributed by atoms with van der Waals surface area (Å²) >= 11 is 0. The van der Waals surface area contributed by atoms with Crippen molar-refractivity contribution in [3.63, 3.8) is 0 Å². The zero-order chi connectivity index (χ0) is 23.1. The van der Waals surface area contributed by atoms with Crippen LogP contribution < -0.4 is 15.5 Å². The minimum absolute atomic E-state index is 0.325. The summed E-state index contributed by atoms with van der Waals surface area (Å²) in [6.45, 7) is 5.73. The Morgan fingerprint density at radius 2 is 1.44 bits per heavy atom. The number of hydrogen-bond donors (Lipinski definition) is 1. The molecule has 1 saturated carbocycles. The van der Waals surface area contributed by atoms with Crippen LogP contribution in [-0.4, -0.2) is 49.6 Å². The van der Waals surface area contributed by atoms with E-state index in [0.29, 0.717) is 17.0 Å². The highest BCUT2D eigenvalue weighted by atomic mass is 16.1. The summed E-state index contributed by atoms with van der Waals surface area (Å²) in [6, 6.07) is 18.4. The molecule has 1 amide bonds. The van der Waals surface area contributed by atoms with E-state index < -0.39 is 0 Å². The van der Waals surface area contributed by atoms with Crippen LogP contribution in [0.2, 0.25) is 0 Å². The van der Waals surface area contributed by atoms with Gasteiger partial charge < -0.3 is 15.5 Å². The molecule has 1 spiro atoms. The molecule has 2 aromatic carbocycles. The molecule has 1 unspecified atom stereocenters. The third-order valence-corrected chi connectivity index (χ3v) is 9.18. The average Bonchev–Trinajstić information content (AvgIpc) is 3.55. The number of para-hydroxylation sites is 2. The Kier molecular flexibility index (Phi) is 5.76. The summed E-state index contributed by atoms with van der Waals surface area (Å²) in [5.41, 5.74) is 10.9. The third-order valence-electron chi connectivity index (χ3n) is 9.18. The zero-order valence-electron chi connectivity index (χ0n) is 20.3. The molecule has 5 nitrogen and oxygen atoms in total. The molecule has 180 valence electrons. The Hall–Kier alpha value is -2.53. The van der Waals surface area contributed by atoms with E-state index in [4.69, 9.17) is 5.73 Å². The Bertz CT molecular complexity index is 1030. The van der Waals surface area contributed by atoms with Crippen LogP contribution >= 0.6 is 0 Å². The quantitative estimate of drug-likeness (QED) is 0.687. The molecule has 0 radical (unpaired) electrons. The van der Waals surface area contributed by atoms with Crippen LogP contribution in [0.25, 0.3) is 0 Å². The van der Waals surface area contributed by atoms with E-state index in [1.54, 1.807) is 5.56 Å². The minimum atomic E-state index is -0.325. The van der Waals surface area contributed by atoms with Gasteiger partial charge in [-0.15, -0.1) is 0 Å². The van der Waals surface area contributed by atoms with Gasteiger partial charge >= 0.3 is 0 Å². The van der Waals surface area contributed by atoms with Gasteiger partial charge in [0.25, 0.3) is 5.91 Å². The number of anilines is 2. The number of carbonyl (C=O) groups excluding carboxylic acids is 1. The summed E-state index contributed by atoms with van der Waals surface area (Å²) in [6.07, 6.45) is 10.4. The van der Waals surface area contributed by atoms with E-state index in [0.717, 1.165) is 24.8 Å². The van der Waals surface area contributed by atoms with Gasteiger partial charge in [0.15, 0.2) is 0 Å². The van der Waals surface area contributed by atoms with E-state index in [2.05, 4.69) is 39.0 Å². The molecular weight excluding hydrogens is 420 g/mol. The Morgan fingerprint density at radius 3 is 2.18 bits per heavy atom. The molecule has 2 aromatic rings. The number of piperidine rings is 1.